The molecule has 0 saturated heterocycles. The maximum absolute atomic E-state index is 11.3. The van der Waals surface area contributed by atoms with Gasteiger partial charge in [0.1, 0.15) is 6.04 Å². The van der Waals surface area contributed by atoms with E-state index >= 15 is 0 Å². The average molecular weight is 372 g/mol. The number of hydrogen-bond donors (Lipinski definition) is 1. The first-order chi connectivity index (χ1) is 11.5. The number of carboxylic acid groups (broad SMARTS) is 2. The molecule has 1 atom stereocenters. The van der Waals surface area contributed by atoms with E-state index in [9.17, 15) is 24.9 Å². The molecule has 0 aliphatic carbocycles. The van der Waals surface area contributed by atoms with Crippen molar-refractivity contribution < 1.29 is 84.0 Å². The molecule has 0 spiro atoms. The number of para-hydroxylation sites is 1. The molecule has 0 fully saturated rings. The van der Waals surface area contributed by atoms with Crippen LogP contribution >= 0.6 is 0 Å². The van der Waals surface area contributed by atoms with Gasteiger partial charge in [0.15, 0.2) is 6.23 Å². The zero-order valence-electron chi connectivity index (χ0n) is 14.5. The number of benzene rings is 2. The van der Waals surface area contributed by atoms with Gasteiger partial charge in [-0.2, -0.15) is 5.01 Å². The number of hydrogen-bond acceptors (Lipinski definition) is 7. The maximum Gasteiger partial charge on any atom is 1.00 e. The van der Waals surface area contributed by atoms with Gasteiger partial charge in [-0.3, -0.25) is 5.01 Å². The number of aliphatic hydroxyl groups is 1. The third-order valence-corrected chi connectivity index (χ3v) is 3.91. The van der Waals surface area contributed by atoms with Crippen LogP contribution in [0, 0.1) is 0 Å². The van der Waals surface area contributed by atoms with E-state index in [1.54, 1.807) is 24.3 Å². The van der Waals surface area contributed by atoms with Crippen LogP contribution < -0.4 is 74.3 Å². The fourth-order valence-corrected chi connectivity index (χ4v) is 2.86. The van der Waals surface area contributed by atoms with Crippen LogP contribution in [0.5, 0.6) is 0 Å². The topological polar surface area (TPSA) is 107 Å². The fraction of sp³-hybridized carbons (Fsp3) is 0.176. The van der Waals surface area contributed by atoms with E-state index in [1.807, 2.05) is 30.3 Å². The molecule has 1 N–H and O–H groups in total. The van der Waals surface area contributed by atoms with Gasteiger partial charge in [0.2, 0.25) is 0 Å². The summed E-state index contributed by atoms with van der Waals surface area (Å²) in [5, 5.41) is 35.4. The van der Waals surface area contributed by atoms with E-state index in [1.165, 1.54) is 5.01 Å². The molecular weight excluding hydrogens is 358 g/mol. The Balaban J connectivity index is 0.00000169. The number of hydrazine groups is 1. The number of carboxylic acids is 2. The Labute approximate surface area is 194 Å². The summed E-state index contributed by atoms with van der Waals surface area (Å²) in [4.78, 5) is 22.6. The molecule has 7 nitrogen and oxygen atoms in total. The molecule has 3 rings (SSSR count). The van der Waals surface area contributed by atoms with Crippen molar-refractivity contribution in [1.82, 2.24) is 5.01 Å². The van der Waals surface area contributed by atoms with E-state index in [2.05, 4.69) is 0 Å². The average Bonchev–Trinajstić information content (AvgIpc) is 2.82. The van der Waals surface area contributed by atoms with Crippen LogP contribution in [0.1, 0.15) is 17.4 Å². The molecule has 1 heterocycles. The van der Waals surface area contributed by atoms with Crippen molar-refractivity contribution in [1.29, 1.82) is 0 Å². The van der Waals surface area contributed by atoms with Gasteiger partial charge in [-0.25, -0.2) is 0 Å². The fourth-order valence-electron chi connectivity index (χ4n) is 2.86. The van der Waals surface area contributed by atoms with Crippen LogP contribution in [0.2, 0.25) is 0 Å². The number of rotatable bonds is 5. The number of nitrogens with zero attached hydrogens (tertiary/aromatic N) is 2. The minimum absolute atomic E-state index is 0. The van der Waals surface area contributed by atoms with E-state index in [0.29, 0.717) is 11.3 Å². The predicted octanol–water partition coefficient (Wildman–Crippen LogP) is -7.21. The number of aliphatic hydroxyl groups excluding tert-OH is 1. The van der Waals surface area contributed by atoms with Crippen molar-refractivity contribution in [3.05, 3.63) is 65.7 Å². The largest absolute Gasteiger partial charge is 1.00 e. The second-order valence-electron chi connectivity index (χ2n) is 5.40. The SMILES string of the molecule is O=C([O-])C(C(=O)[O-])N1C(O)c2ccccc2N1Cc1ccccc1.[Na+].[Na+]. The summed E-state index contributed by atoms with van der Waals surface area (Å²) >= 11 is 0. The third kappa shape index (κ3) is 4.49. The Kier molecular flexibility index (Phi) is 8.78. The van der Waals surface area contributed by atoms with Gasteiger partial charge in [-0.1, -0.05) is 48.5 Å². The Hall–Kier alpha value is -0.900. The molecule has 0 amide bonds. The molecule has 26 heavy (non-hydrogen) atoms. The molecule has 0 bridgehead atoms. The van der Waals surface area contributed by atoms with Crippen molar-refractivity contribution in [3.63, 3.8) is 0 Å². The molecule has 1 aliphatic rings. The van der Waals surface area contributed by atoms with Crippen LogP contribution in [-0.2, 0) is 16.1 Å². The van der Waals surface area contributed by atoms with Crippen molar-refractivity contribution in [2.75, 3.05) is 5.01 Å². The van der Waals surface area contributed by atoms with Crippen LogP contribution in [-0.4, -0.2) is 28.1 Å². The van der Waals surface area contributed by atoms with Crippen molar-refractivity contribution in [3.8, 4) is 0 Å². The normalized spacial score (nSPS) is 15.8. The number of fused-ring (bicyclic) bond motifs is 1. The van der Waals surface area contributed by atoms with Gasteiger partial charge < -0.3 is 24.9 Å². The predicted molar refractivity (Wildman–Crippen MR) is 79.7 cm³/mol. The van der Waals surface area contributed by atoms with Crippen molar-refractivity contribution in [2.24, 2.45) is 0 Å². The Morgan fingerprint density at radius 3 is 2.08 bits per heavy atom. The molecule has 124 valence electrons. The molecule has 1 unspecified atom stereocenters. The Morgan fingerprint density at radius 1 is 0.962 bits per heavy atom. The minimum Gasteiger partial charge on any atom is -0.548 e. The van der Waals surface area contributed by atoms with Crippen molar-refractivity contribution >= 4 is 17.6 Å². The van der Waals surface area contributed by atoms with Gasteiger partial charge in [-0.15, -0.1) is 0 Å². The Bertz CT molecular complexity index is 761. The second kappa shape index (κ2) is 9.87. The molecule has 0 aromatic heterocycles. The number of carbonyl (C=O) groups excluding carboxylic acids is 2. The molecule has 0 radical (unpaired) electrons. The quantitative estimate of drug-likeness (QED) is 0.411. The zero-order chi connectivity index (χ0) is 17.3. The Morgan fingerprint density at radius 2 is 1.50 bits per heavy atom. The number of carbonyl (C=O) groups is 2. The van der Waals surface area contributed by atoms with Gasteiger partial charge in [0.25, 0.3) is 0 Å². The van der Waals surface area contributed by atoms with Gasteiger partial charge in [-0.05, 0) is 11.6 Å². The van der Waals surface area contributed by atoms with Gasteiger partial charge in [0, 0.05) is 5.56 Å². The first kappa shape index (κ1) is 23.1. The third-order valence-electron chi connectivity index (χ3n) is 3.91. The van der Waals surface area contributed by atoms with Crippen LogP contribution in [0.4, 0.5) is 5.69 Å². The van der Waals surface area contributed by atoms with Gasteiger partial charge >= 0.3 is 59.1 Å². The molecule has 0 saturated carbocycles. The van der Waals surface area contributed by atoms with E-state index in [-0.39, 0.29) is 65.7 Å². The van der Waals surface area contributed by atoms with Crippen LogP contribution in [0.25, 0.3) is 0 Å². The molecule has 2 aromatic rings. The summed E-state index contributed by atoms with van der Waals surface area (Å²) < 4.78 is 0. The summed E-state index contributed by atoms with van der Waals surface area (Å²) in [6, 6.07) is 13.7. The summed E-state index contributed by atoms with van der Waals surface area (Å²) in [6.07, 6.45) is -1.43. The zero-order valence-corrected chi connectivity index (χ0v) is 18.5. The van der Waals surface area contributed by atoms with E-state index in [4.69, 9.17) is 0 Å². The number of aliphatic carboxylic acids is 2. The summed E-state index contributed by atoms with van der Waals surface area (Å²) in [5.41, 5.74) is 1.77. The maximum atomic E-state index is 11.3. The van der Waals surface area contributed by atoms with Crippen LogP contribution in [0.3, 0.4) is 0 Å². The van der Waals surface area contributed by atoms with Gasteiger partial charge in [0.05, 0.1) is 24.2 Å². The smallest absolute Gasteiger partial charge is 0.548 e. The summed E-state index contributed by atoms with van der Waals surface area (Å²) in [5.74, 6) is -3.69. The molecular formula is C17H14N2Na2O5. The number of anilines is 1. The van der Waals surface area contributed by atoms with Crippen molar-refractivity contribution in [2.45, 2.75) is 18.8 Å². The van der Waals surface area contributed by atoms with E-state index in [0.717, 1.165) is 10.6 Å². The summed E-state index contributed by atoms with van der Waals surface area (Å²) in [6.45, 7) is 0.186. The standard InChI is InChI=1S/C17H16N2O5.2Na/c20-15-12-8-4-5-9-13(12)18(10-11-6-2-1-3-7-11)19(15)14(16(21)22)17(23)24;;/h1-9,14-15,20H,10H2,(H,21,22)(H,23,24);;/q;2*+1/p-2. The van der Waals surface area contributed by atoms with Crippen LogP contribution in [0.15, 0.2) is 54.6 Å². The monoisotopic (exact) mass is 372 g/mol. The molecule has 2 aromatic carbocycles. The second-order valence-corrected chi connectivity index (χ2v) is 5.40. The first-order valence-electron chi connectivity index (χ1n) is 7.29. The molecule has 1 aliphatic heterocycles. The first-order valence-corrected chi connectivity index (χ1v) is 7.29. The molecule has 9 heteroatoms. The van der Waals surface area contributed by atoms with E-state index < -0.39 is 24.2 Å². The minimum atomic E-state index is -2.11. The summed E-state index contributed by atoms with van der Waals surface area (Å²) in [7, 11) is 0.